The lowest BCUT2D eigenvalue weighted by atomic mass is 10.1. The van der Waals surface area contributed by atoms with Crippen molar-refractivity contribution in [3.63, 3.8) is 0 Å². The van der Waals surface area contributed by atoms with Gasteiger partial charge in [-0.1, -0.05) is 24.3 Å². The Hall–Kier alpha value is -3.36. The lowest BCUT2D eigenvalue weighted by Gasteiger charge is -2.26. The molecule has 1 saturated heterocycles. The summed E-state index contributed by atoms with van der Waals surface area (Å²) in [4.78, 5) is 26.2. The maximum absolute atomic E-state index is 12.6. The summed E-state index contributed by atoms with van der Waals surface area (Å²) >= 11 is 0. The Kier molecular flexibility index (Phi) is 5.97. The van der Waals surface area contributed by atoms with Crippen molar-refractivity contribution in [1.82, 2.24) is 9.47 Å². The maximum atomic E-state index is 12.6. The van der Waals surface area contributed by atoms with E-state index in [2.05, 4.69) is 10.2 Å². The molecule has 2 heterocycles. The lowest BCUT2D eigenvalue weighted by molar-refractivity contribution is 0.0323. The minimum atomic E-state index is -1.21. The van der Waals surface area contributed by atoms with Gasteiger partial charge in [-0.25, -0.2) is 9.36 Å². The first-order valence-corrected chi connectivity index (χ1v) is 9.80. The predicted molar refractivity (Wildman–Crippen MR) is 113 cm³/mol. The van der Waals surface area contributed by atoms with Gasteiger partial charge in [0.1, 0.15) is 18.1 Å². The van der Waals surface area contributed by atoms with Crippen LogP contribution >= 0.6 is 0 Å². The SMILES string of the molecule is O=C(Nc1ccc(OCCN2CCOCC2)c2ccccc12)c1cccn1C(=O)O. The van der Waals surface area contributed by atoms with Gasteiger partial charge in [0.2, 0.25) is 0 Å². The largest absolute Gasteiger partial charge is 0.492 e. The Labute approximate surface area is 173 Å². The first-order chi connectivity index (χ1) is 14.6. The Morgan fingerprint density at radius 2 is 1.80 bits per heavy atom. The van der Waals surface area contributed by atoms with Crippen molar-refractivity contribution in [3.8, 4) is 5.75 Å². The summed E-state index contributed by atoms with van der Waals surface area (Å²) in [5.74, 6) is 0.249. The molecule has 1 amide bonds. The number of fused-ring (bicyclic) bond motifs is 1. The molecule has 4 rings (SSSR count). The highest BCUT2D eigenvalue weighted by atomic mass is 16.5. The van der Waals surface area contributed by atoms with Gasteiger partial charge in [0.05, 0.1) is 13.2 Å². The second-order valence-electron chi connectivity index (χ2n) is 6.96. The van der Waals surface area contributed by atoms with E-state index in [0.717, 1.165) is 53.9 Å². The van der Waals surface area contributed by atoms with E-state index in [-0.39, 0.29) is 5.69 Å². The third kappa shape index (κ3) is 4.29. The second kappa shape index (κ2) is 8.98. The zero-order chi connectivity index (χ0) is 20.9. The number of hydrogen-bond donors (Lipinski definition) is 2. The minimum Gasteiger partial charge on any atom is -0.492 e. The van der Waals surface area contributed by atoms with Crippen LogP contribution in [0.15, 0.2) is 54.7 Å². The number of benzene rings is 2. The van der Waals surface area contributed by atoms with Gasteiger partial charge in [-0.05, 0) is 24.3 Å². The fourth-order valence-corrected chi connectivity index (χ4v) is 3.53. The molecular formula is C22H23N3O5. The van der Waals surface area contributed by atoms with Crippen molar-refractivity contribution in [3.05, 3.63) is 60.4 Å². The van der Waals surface area contributed by atoms with Crippen molar-refractivity contribution in [1.29, 1.82) is 0 Å². The Morgan fingerprint density at radius 1 is 1.03 bits per heavy atom. The molecule has 1 aromatic heterocycles. The predicted octanol–water partition coefficient (Wildman–Crippen LogP) is 3.13. The van der Waals surface area contributed by atoms with Crippen LogP contribution in [-0.4, -0.2) is 66.0 Å². The number of aromatic nitrogens is 1. The molecule has 156 valence electrons. The average Bonchev–Trinajstić information content (AvgIpc) is 3.26. The molecule has 0 unspecified atom stereocenters. The molecule has 2 aromatic carbocycles. The van der Waals surface area contributed by atoms with Crippen LogP contribution in [0.4, 0.5) is 10.5 Å². The highest BCUT2D eigenvalue weighted by Gasteiger charge is 2.17. The standard InChI is InChI=1S/C22H23N3O5/c26-21(19-6-3-9-25(19)22(27)28)23-18-7-8-20(17-5-2-1-4-16(17)18)30-15-12-24-10-13-29-14-11-24/h1-9H,10-15H2,(H,23,26)(H,27,28). The highest BCUT2D eigenvalue weighted by molar-refractivity contribution is 6.10. The van der Waals surface area contributed by atoms with Gasteiger partial charge in [-0.2, -0.15) is 0 Å². The van der Waals surface area contributed by atoms with Crippen LogP contribution in [-0.2, 0) is 4.74 Å². The number of nitrogens with zero attached hydrogens (tertiary/aromatic N) is 2. The van der Waals surface area contributed by atoms with Crippen molar-refractivity contribution in [2.24, 2.45) is 0 Å². The maximum Gasteiger partial charge on any atom is 0.416 e. The van der Waals surface area contributed by atoms with Crippen molar-refractivity contribution in [2.45, 2.75) is 0 Å². The third-order valence-corrected chi connectivity index (χ3v) is 5.09. The summed E-state index contributed by atoms with van der Waals surface area (Å²) in [5.41, 5.74) is 0.645. The van der Waals surface area contributed by atoms with Crippen LogP contribution in [0.3, 0.4) is 0 Å². The van der Waals surface area contributed by atoms with Gasteiger partial charge in [0.15, 0.2) is 0 Å². The molecule has 30 heavy (non-hydrogen) atoms. The van der Waals surface area contributed by atoms with Gasteiger partial charge in [-0.15, -0.1) is 0 Å². The first kappa shape index (κ1) is 19.9. The molecule has 1 aliphatic rings. The molecule has 0 saturated carbocycles. The van der Waals surface area contributed by atoms with E-state index in [1.165, 1.54) is 18.3 Å². The summed E-state index contributed by atoms with van der Waals surface area (Å²) in [5, 5.41) is 13.7. The normalized spacial score (nSPS) is 14.5. The minimum absolute atomic E-state index is 0.0532. The lowest BCUT2D eigenvalue weighted by Crippen LogP contribution is -2.38. The molecule has 0 spiro atoms. The van der Waals surface area contributed by atoms with E-state index in [0.29, 0.717) is 12.3 Å². The topological polar surface area (TPSA) is 93.0 Å². The van der Waals surface area contributed by atoms with Crippen LogP contribution in [0.2, 0.25) is 0 Å². The summed E-state index contributed by atoms with van der Waals surface area (Å²) < 4.78 is 12.3. The third-order valence-electron chi connectivity index (χ3n) is 5.09. The van der Waals surface area contributed by atoms with E-state index in [4.69, 9.17) is 9.47 Å². The highest BCUT2D eigenvalue weighted by Crippen LogP contribution is 2.32. The van der Waals surface area contributed by atoms with Crippen LogP contribution < -0.4 is 10.1 Å². The molecule has 3 aromatic rings. The number of amides is 1. The molecule has 1 aliphatic heterocycles. The van der Waals surface area contributed by atoms with Crippen molar-refractivity contribution in [2.75, 3.05) is 44.8 Å². The number of anilines is 1. The van der Waals surface area contributed by atoms with Crippen LogP contribution in [0.25, 0.3) is 10.8 Å². The fourth-order valence-electron chi connectivity index (χ4n) is 3.53. The Morgan fingerprint density at radius 3 is 2.57 bits per heavy atom. The van der Waals surface area contributed by atoms with Crippen LogP contribution in [0, 0.1) is 0 Å². The monoisotopic (exact) mass is 409 g/mol. The van der Waals surface area contributed by atoms with E-state index in [1.54, 1.807) is 6.07 Å². The zero-order valence-corrected chi connectivity index (χ0v) is 16.4. The second-order valence-corrected chi connectivity index (χ2v) is 6.96. The number of hydrogen-bond acceptors (Lipinski definition) is 5. The summed E-state index contributed by atoms with van der Waals surface area (Å²) in [7, 11) is 0. The number of ether oxygens (including phenoxy) is 2. The van der Waals surface area contributed by atoms with E-state index < -0.39 is 12.0 Å². The van der Waals surface area contributed by atoms with E-state index >= 15 is 0 Å². The van der Waals surface area contributed by atoms with Crippen molar-refractivity contribution >= 4 is 28.5 Å². The Bertz CT molecular complexity index is 1060. The van der Waals surface area contributed by atoms with Crippen LogP contribution in [0.5, 0.6) is 5.75 Å². The number of carbonyl (C=O) groups is 2. The molecule has 0 radical (unpaired) electrons. The molecule has 0 atom stereocenters. The van der Waals surface area contributed by atoms with Gasteiger partial charge in [-0.3, -0.25) is 9.69 Å². The zero-order valence-electron chi connectivity index (χ0n) is 16.4. The summed E-state index contributed by atoms with van der Waals surface area (Å²) in [6.45, 7) is 4.70. The molecular weight excluding hydrogens is 386 g/mol. The fraction of sp³-hybridized carbons (Fsp3) is 0.273. The average molecular weight is 409 g/mol. The molecule has 2 N–H and O–H groups in total. The smallest absolute Gasteiger partial charge is 0.416 e. The van der Waals surface area contributed by atoms with E-state index in [1.807, 2.05) is 30.3 Å². The van der Waals surface area contributed by atoms with Gasteiger partial charge >= 0.3 is 6.09 Å². The summed E-state index contributed by atoms with van der Waals surface area (Å²) in [6, 6.07) is 14.2. The number of nitrogens with one attached hydrogen (secondary N) is 1. The van der Waals surface area contributed by atoms with Gasteiger partial charge in [0.25, 0.3) is 5.91 Å². The molecule has 0 aliphatic carbocycles. The van der Waals surface area contributed by atoms with Gasteiger partial charge < -0.3 is 19.9 Å². The van der Waals surface area contributed by atoms with Crippen LogP contribution in [0.1, 0.15) is 10.5 Å². The molecule has 8 nitrogen and oxygen atoms in total. The number of carbonyl (C=O) groups excluding carboxylic acids is 1. The first-order valence-electron chi connectivity index (χ1n) is 9.80. The molecule has 0 bridgehead atoms. The van der Waals surface area contributed by atoms with Crippen molar-refractivity contribution < 1.29 is 24.2 Å². The number of carboxylic acid groups (broad SMARTS) is 1. The van der Waals surface area contributed by atoms with E-state index in [9.17, 15) is 14.7 Å². The summed E-state index contributed by atoms with van der Waals surface area (Å²) in [6.07, 6.45) is 0.125. The number of morpholine rings is 1. The van der Waals surface area contributed by atoms with Gasteiger partial charge in [0, 0.05) is 42.3 Å². The quantitative estimate of drug-likeness (QED) is 0.650. The molecule has 1 fully saturated rings. The Balaban J connectivity index is 1.51. The molecule has 8 heteroatoms. The number of rotatable bonds is 6.